The molecule has 2 unspecified atom stereocenters. The molecule has 0 amide bonds. The van der Waals surface area contributed by atoms with E-state index in [1.54, 1.807) is 14.0 Å². The van der Waals surface area contributed by atoms with Crippen molar-refractivity contribution in [1.29, 1.82) is 0 Å². The lowest BCUT2D eigenvalue weighted by molar-refractivity contribution is 0.174. The van der Waals surface area contributed by atoms with Crippen LogP contribution in [0, 0.1) is 24.5 Å². The SMILES string of the molecule is COCCC(C)C(N)c1cc(C)c(F)cc1F. The van der Waals surface area contributed by atoms with Gasteiger partial charge in [0.1, 0.15) is 11.6 Å². The quantitative estimate of drug-likeness (QED) is 0.863. The van der Waals surface area contributed by atoms with E-state index in [2.05, 4.69) is 0 Å². The zero-order chi connectivity index (χ0) is 13.0. The lowest BCUT2D eigenvalue weighted by Crippen LogP contribution is -2.22. The van der Waals surface area contributed by atoms with Gasteiger partial charge in [0.25, 0.3) is 0 Å². The summed E-state index contributed by atoms with van der Waals surface area (Å²) >= 11 is 0. The molecule has 0 aromatic heterocycles. The van der Waals surface area contributed by atoms with Crippen molar-refractivity contribution in [3.8, 4) is 0 Å². The van der Waals surface area contributed by atoms with Gasteiger partial charge < -0.3 is 10.5 Å². The Kier molecular flexibility index (Phi) is 5.02. The minimum atomic E-state index is -0.579. The molecule has 2 N–H and O–H groups in total. The number of nitrogens with two attached hydrogens (primary N) is 1. The molecule has 0 aliphatic rings. The molecule has 0 fully saturated rings. The maximum absolute atomic E-state index is 13.6. The number of aryl methyl sites for hydroxylation is 1. The normalized spacial score (nSPS) is 14.7. The van der Waals surface area contributed by atoms with Gasteiger partial charge in [0.2, 0.25) is 0 Å². The van der Waals surface area contributed by atoms with Gasteiger partial charge in [-0.2, -0.15) is 0 Å². The fourth-order valence-corrected chi connectivity index (χ4v) is 1.72. The van der Waals surface area contributed by atoms with Gasteiger partial charge in [0, 0.05) is 31.4 Å². The van der Waals surface area contributed by atoms with Crippen molar-refractivity contribution in [2.45, 2.75) is 26.3 Å². The van der Waals surface area contributed by atoms with Crippen LogP contribution in [0.25, 0.3) is 0 Å². The molecule has 1 rings (SSSR count). The van der Waals surface area contributed by atoms with Gasteiger partial charge in [-0.1, -0.05) is 6.92 Å². The van der Waals surface area contributed by atoms with E-state index in [0.29, 0.717) is 17.7 Å². The maximum Gasteiger partial charge on any atom is 0.130 e. The van der Waals surface area contributed by atoms with Crippen LogP contribution in [0.2, 0.25) is 0 Å². The number of methoxy groups -OCH3 is 1. The summed E-state index contributed by atoms with van der Waals surface area (Å²) in [5.41, 5.74) is 6.76. The Morgan fingerprint density at radius 2 is 1.94 bits per heavy atom. The van der Waals surface area contributed by atoms with Crippen molar-refractivity contribution in [2.75, 3.05) is 13.7 Å². The van der Waals surface area contributed by atoms with Crippen LogP contribution >= 0.6 is 0 Å². The van der Waals surface area contributed by atoms with Crippen molar-refractivity contribution in [3.05, 3.63) is 34.9 Å². The Balaban J connectivity index is 2.88. The molecule has 0 aliphatic carbocycles. The van der Waals surface area contributed by atoms with Gasteiger partial charge >= 0.3 is 0 Å². The number of hydrogen-bond acceptors (Lipinski definition) is 2. The smallest absolute Gasteiger partial charge is 0.130 e. The highest BCUT2D eigenvalue weighted by molar-refractivity contribution is 5.28. The average Bonchev–Trinajstić information content (AvgIpc) is 2.29. The van der Waals surface area contributed by atoms with Crippen LogP contribution in [0.1, 0.15) is 30.5 Å². The molecular weight excluding hydrogens is 224 g/mol. The first kappa shape index (κ1) is 14.1. The number of rotatable bonds is 5. The third-order valence-corrected chi connectivity index (χ3v) is 3.03. The maximum atomic E-state index is 13.6. The third kappa shape index (κ3) is 3.48. The summed E-state index contributed by atoms with van der Waals surface area (Å²) in [6.45, 7) is 4.11. The second kappa shape index (κ2) is 6.07. The largest absolute Gasteiger partial charge is 0.385 e. The average molecular weight is 243 g/mol. The molecule has 2 atom stereocenters. The second-order valence-corrected chi connectivity index (χ2v) is 4.41. The lowest BCUT2D eigenvalue weighted by Gasteiger charge is -2.21. The van der Waals surface area contributed by atoms with E-state index in [1.165, 1.54) is 6.07 Å². The highest BCUT2D eigenvalue weighted by Gasteiger charge is 2.19. The van der Waals surface area contributed by atoms with Crippen molar-refractivity contribution < 1.29 is 13.5 Å². The van der Waals surface area contributed by atoms with Gasteiger partial charge in [0.15, 0.2) is 0 Å². The number of hydrogen-bond donors (Lipinski definition) is 1. The van der Waals surface area contributed by atoms with E-state index in [1.807, 2.05) is 6.92 Å². The van der Waals surface area contributed by atoms with Crippen LogP contribution in [0.3, 0.4) is 0 Å². The summed E-state index contributed by atoms with van der Waals surface area (Å²) in [6.07, 6.45) is 0.744. The van der Waals surface area contributed by atoms with Gasteiger partial charge in [-0.3, -0.25) is 0 Å². The number of ether oxygens (including phenoxy) is 1. The first-order valence-corrected chi connectivity index (χ1v) is 5.67. The Hall–Kier alpha value is -1.00. The summed E-state index contributed by atoms with van der Waals surface area (Å²) in [5, 5.41) is 0. The van der Waals surface area contributed by atoms with E-state index in [0.717, 1.165) is 12.5 Å². The molecule has 0 spiro atoms. The zero-order valence-corrected chi connectivity index (χ0v) is 10.5. The Morgan fingerprint density at radius 1 is 1.29 bits per heavy atom. The molecule has 4 heteroatoms. The molecule has 17 heavy (non-hydrogen) atoms. The summed E-state index contributed by atoms with van der Waals surface area (Å²) < 4.78 is 31.7. The van der Waals surface area contributed by atoms with Crippen molar-refractivity contribution in [2.24, 2.45) is 11.7 Å². The molecule has 0 radical (unpaired) electrons. The van der Waals surface area contributed by atoms with E-state index in [4.69, 9.17) is 10.5 Å². The Labute approximate surface area is 101 Å². The molecule has 1 aromatic rings. The van der Waals surface area contributed by atoms with Crippen molar-refractivity contribution >= 4 is 0 Å². The monoisotopic (exact) mass is 243 g/mol. The Morgan fingerprint density at radius 3 is 2.53 bits per heavy atom. The summed E-state index contributed by atoms with van der Waals surface area (Å²) in [6, 6.07) is 1.94. The van der Waals surface area contributed by atoms with Crippen LogP contribution < -0.4 is 5.73 Å². The Bertz CT molecular complexity index is 382. The van der Waals surface area contributed by atoms with Gasteiger partial charge in [-0.05, 0) is 30.9 Å². The first-order valence-electron chi connectivity index (χ1n) is 5.67. The predicted molar refractivity (Wildman–Crippen MR) is 63.7 cm³/mol. The molecule has 0 saturated heterocycles. The van der Waals surface area contributed by atoms with E-state index >= 15 is 0 Å². The van der Waals surface area contributed by atoms with E-state index < -0.39 is 17.7 Å². The van der Waals surface area contributed by atoms with Crippen molar-refractivity contribution in [1.82, 2.24) is 0 Å². The standard InChI is InChI=1S/C13H19F2NO/c1-8(4-5-17-3)13(16)10-6-9(2)11(14)7-12(10)15/h6-8,13H,4-5,16H2,1-3H3. The minimum Gasteiger partial charge on any atom is -0.385 e. The molecule has 0 saturated carbocycles. The lowest BCUT2D eigenvalue weighted by atomic mass is 9.91. The molecule has 0 aliphatic heterocycles. The fourth-order valence-electron chi connectivity index (χ4n) is 1.72. The fraction of sp³-hybridized carbons (Fsp3) is 0.538. The van der Waals surface area contributed by atoms with Crippen molar-refractivity contribution in [3.63, 3.8) is 0 Å². The summed E-state index contributed by atoms with van der Waals surface area (Å²) in [5.74, 6) is -1.04. The second-order valence-electron chi connectivity index (χ2n) is 4.41. The molecule has 2 nitrogen and oxygen atoms in total. The van der Waals surface area contributed by atoms with Crippen LogP contribution in [0.5, 0.6) is 0 Å². The van der Waals surface area contributed by atoms with E-state index in [9.17, 15) is 8.78 Å². The molecule has 0 bridgehead atoms. The third-order valence-electron chi connectivity index (χ3n) is 3.03. The van der Waals surface area contributed by atoms with Crippen LogP contribution in [-0.4, -0.2) is 13.7 Å². The zero-order valence-electron chi connectivity index (χ0n) is 10.5. The summed E-state index contributed by atoms with van der Waals surface area (Å²) in [7, 11) is 1.61. The predicted octanol–water partition coefficient (Wildman–Crippen LogP) is 2.95. The van der Waals surface area contributed by atoms with Gasteiger partial charge in [0.05, 0.1) is 0 Å². The van der Waals surface area contributed by atoms with Crippen LogP contribution in [0.15, 0.2) is 12.1 Å². The molecular formula is C13H19F2NO. The van der Waals surface area contributed by atoms with Gasteiger partial charge in [-0.25, -0.2) is 8.78 Å². The molecule has 0 heterocycles. The van der Waals surface area contributed by atoms with Crippen LogP contribution in [-0.2, 0) is 4.74 Å². The summed E-state index contributed by atoms with van der Waals surface area (Å²) in [4.78, 5) is 0. The van der Waals surface area contributed by atoms with E-state index in [-0.39, 0.29) is 5.92 Å². The van der Waals surface area contributed by atoms with Crippen LogP contribution in [0.4, 0.5) is 8.78 Å². The minimum absolute atomic E-state index is 0.0781. The highest BCUT2D eigenvalue weighted by atomic mass is 19.1. The first-order chi connectivity index (χ1) is 7.97. The topological polar surface area (TPSA) is 35.2 Å². The highest BCUT2D eigenvalue weighted by Crippen LogP contribution is 2.26. The van der Waals surface area contributed by atoms with Gasteiger partial charge in [-0.15, -0.1) is 0 Å². The number of benzene rings is 1. The number of halogens is 2. The molecule has 96 valence electrons. The molecule has 1 aromatic carbocycles.